The van der Waals surface area contributed by atoms with E-state index in [0.717, 1.165) is 19.0 Å². The maximum atomic E-state index is 10.6. The fraction of sp³-hybridized carbons (Fsp3) is 0.909. The molecule has 0 radical (unpaired) electrons. The summed E-state index contributed by atoms with van der Waals surface area (Å²) in [6.07, 6.45) is 4.63. The van der Waals surface area contributed by atoms with Crippen LogP contribution in [0.5, 0.6) is 0 Å². The van der Waals surface area contributed by atoms with E-state index in [9.17, 15) is 4.79 Å². The second kappa shape index (κ2) is 2.26. The molecule has 3 heteroatoms. The van der Waals surface area contributed by atoms with Crippen molar-refractivity contribution in [3.63, 3.8) is 0 Å². The zero-order valence-electron chi connectivity index (χ0n) is 8.62. The summed E-state index contributed by atoms with van der Waals surface area (Å²) in [5.74, 6) is 0.901. The molecule has 0 aromatic rings. The highest BCUT2D eigenvalue weighted by Crippen LogP contribution is 2.65. The van der Waals surface area contributed by atoms with E-state index >= 15 is 0 Å². The van der Waals surface area contributed by atoms with Crippen LogP contribution in [0.4, 0.5) is 4.79 Å². The Hall–Kier alpha value is -0.730. The molecule has 1 spiro atoms. The average molecular weight is 195 g/mol. The lowest BCUT2D eigenvalue weighted by atomic mass is 9.54. The van der Waals surface area contributed by atoms with E-state index in [-0.39, 0.29) is 0 Å². The van der Waals surface area contributed by atoms with Gasteiger partial charge in [-0.1, -0.05) is 6.92 Å². The fourth-order valence-electron chi connectivity index (χ4n) is 3.24. The molecule has 2 saturated carbocycles. The fourth-order valence-corrected chi connectivity index (χ4v) is 3.24. The number of hydrogen-bond acceptors (Lipinski definition) is 1. The van der Waals surface area contributed by atoms with Gasteiger partial charge in [-0.05, 0) is 37.0 Å². The first kappa shape index (κ1) is 8.57. The topological polar surface area (TPSA) is 40.5 Å². The van der Waals surface area contributed by atoms with E-state index in [0.29, 0.717) is 10.8 Å². The largest absolute Gasteiger partial charge is 0.465 e. The van der Waals surface area contributed by atoms with Crippen molar-refractivity contribution in [1.82, 2.24) is 4.90 Å². The number of amides is 1. The smallest absolute Gasteiger partial charge is 0.407 e. The van der Waals surface area contributed by atoms with Crippen molar-refractivity contribution in [3.05, 3.63) is 0 Å². The molecule has 14 heavy (non-hydrogen) atoms. The number of rotatable bonds is 1. The van der Waals surface area contributed by atoms with Gasteiger partial charge in [0.25, 0.3) is 0 Å². The Kier molecular flexibility index (Phi) is 1.38. The second-order valence-corrected chi connectivity index (χ2v) is 5.90. The Bertz CT molecular complexity index is 282. The van der Waals surface area contributed by atoms with Gasteiger partial charge in [-0.2, -0.15) is 0 Å². The van der Waals surface area contributed by atoms with Gasteiger partial charge < -0.3 is 10.0 Å². The first-order valence-corrected chi connectivity index (χ1v) is 5.51. The highest BCUT2D eigenvalue weighted by atomic mass is 16.4. The van der Waals surface area contributed by atoms with Crippen molar-refractivity contribution in [2.75, 3.05) is 13.1 Å². The lowest BCUT2D eigenvalue weighted by molar-refractivity contribution is -0.0982. The van der Waals surface area contributed by atoms with Crippen LogP contribution in [0.1, 0.15) is 32.6 Å². The van der Waals surface area contributed by atoms with E-state index in [1.54, 1.807) is 4.90 Å². The minimum atomic E-state index is -0.739. The number of likely N-dealkylation sites (tertiary alicyclic amines) is 1. The van der Waals surface area contributed by atoms with Gasteiger partial charge in [0, 0.05) is 18.5 Å². The lowest BCUT2D eigenvalue weighted by Crippen LogP contribution is -2.64. The Labute approximate surface area is 84.1 Å². The molecule has 3 aliphatic rings. The van der Waals surface area contributed by atoms with E-state index in [2.05, 4.69) is 6.92 Å². The average Bonchev–Trinajstić information content (AvgIpc) is 2.61. The van der Waals surface area contributed by atoms with Crippen LogP contribution in [0.25, 0.3) is 0 Å². The molecule has 2 aliphatic carbocycles. The van der Waals surface area contributed by atoms with Crippen molar-refractivity contribution < 1.29 is 9.90 Å². The van der Waals surface area contributed by atoms with E-state index in [1.807, 2.05) is 0 Å². The maximum absolute atomic E-state index is 10.6. The highest BCUT2D eigenvalue weighted by molar-refractivity contribution is 5.66. The minimum absolute atomic E-state index is 0.411. The van der Waals surface area contributed by atoms with Crippen molar-refractivity contribution in [3.8, 4) is 0 Å². The van der Waals surface area contributed by atoms with Gasteiger partial charge in [-0.25, -0.2) is 4.79 Å². The normalized spacial score (nSPS) is 32.2. The van der Waals surface area contributed by atoms with Crippen LogP contribution in [0, 0.1) is 16.7 Å². The van der Waals surface area contributed by atoms with Crippen LogP contribution < -0.4 is 0 Å². The molecule has 0 bridgehead atoms. The molecular weight excluding hydrogens is 178 g/mol. The SMILES string of the molecule is CC1(C2CC3(C2)CN(C(=O)O)C3)CC1. The molecule has 78 valence electrons. The summed E-state index contributed by atoms with van der Waals surface area (Å²) in [5, 5.41) is 8.75. The molecule has 3 fully saturated rings. The van der Waals surface area contributed by atoms with Crippen molar-refractivity contribution in [1.29, 1.82) is 0 Å². The Morgan fingerprint density at radius 3 is 2.36 bits per heavy atom. The molecule has 1 aliphatic heterocycles. The summed E-state index contributed by atoms with van der Waals surface area (Å²) in [6.45, 7) is 3.99. The van der Waals surface area contributed by atoms with Crippen molar-refractivity contribution in [2.24, 2.45) is 16.7 Å². The Balaban J connectivity index is 1.53. The van der Waals surface area contributed by atoms with E-state index in [1.165, 1.54) is 25.7 Å². The zero-order valence-corrected chi connectivity index (χ0v) is 8.62. The van der Waals surface area contributed by atoms with Crippen molar-refractivity contribution in [2.45, 2.75) is 32.6 Å². The molecule has 3 nitrogen and oxygen atoms in total. The highest BCUT2D eigenvalue weighted by Gasteiger charge is 2.60. The molecule has 0 unspecified atom stereocenters. The Morgan fingerprint density at radius 1 is 1.36 bits per heavy atom. The third-order valence-corrected chi connectivity index (χ3v) is 4.71. The monoisotopic (exact) mass is 195 g/mol. The van der Waals surface area contributed by atoms with Crippen LogP contribution in [0.3, 0.4) is 0 Å². The third kappa shape index (κ3) is 1.01. The maximum Gasteiger partial charge on any atom is 0.407 e. The molecule has 1 saturated heterocycles. The number of carbonyl (C=O) groups is 1. The van der Waals surface area contributed by atoms with Crippen LogP contribution in [0.15, 0.2) is 0 Å². The van der Waals surface area contributed by atoms with Gasteiger partial charge in [0.2, 0.25) is 0 Å². The molecule has 1 heterocycles. The predicted molar refractivity (Wildman–Crippen MR) is 52.1 cm³/mol. The molecule has 1 N–H and O–H groups in total. The molecule has 3 rings (SSSR count). The lowest BCUT2D eigenvalue weighted by Gasteiger charge is -2.59. The van der Waals surface area contributed by atoms with Crippen LogP contribution in [-0.4, -0.2) is 29.2 Å². The summed E-state index contributed by atoms with van der Waals surface area (Å²) in [7, 11) is 0. The van der Waals surface area contributed by atoms with Crippen LogP contribution in [-0.2, 0) is 0 Å². The first-order valence-electron chi connectivity index (χ1n) is 5.51. The predicted octanol–water partition coefficient (Wildman–Crippen LogP) is 2.18. The van der Waals surface area contributed by atoms with Gasteiger partial charge >= 0.3 is 6.09 Å². The summed E-state index contributed by atoms with van der Waals surface area (Å²) >= 11 is 0. The summed E-state index contributed by atoms with van der Waals surface area (Å²) in [4.78, 5) is 12.2. The zero-order chi connectivity index (χ0) is 9.97. The van der Waals surface area contributed by atoms with Gasteiger partial charge in [0.1, 0.15) is 0 Å². The number of nitrogens with zero attached hydrogens (tertiary/aromatic N) is 1. The summed E-state index contributed by atoms with van der Waals surface area (Å²) in [6, 6.07) is 0. The quantitative estimate of drug-likeness (QED) is 0.696. The van der Waals surface area contributed by atoms with Gasteiger partial charge in [0.15, 0.2) is 0 Å². The van der Waals surface area contributed by atoms with Crippen molar-refractivity contribution >= 4 is 6.09 Å². The molecule has 0 atom stereocenters. The molecule has 1 amide bonds. The van der Waals surface area contributed by atoms with Crippen LogP contribution in [0.2, 0.25) is 0 Å². The molecule has 0 aromatic heterocycles. The van der Waals surface area contributed by atoms with Gasteiger partial charge in [-0.3, -0.25) is 0 Å². The summed E-state index contributed by atoms with van der Waals surface area (Å²) in [5.41, 5.74) is 1.06. The number of hydrogen-bond donors (Lipinski definition) is 1. The Morgan fingerprint density at radius 2 is 1.93 bits per heavy atom. The number of carboxylic acid groups (broad SMARTS) is 1. The first-order chi connectivity index (χ1) is 6.53. The van der Waals surface area contributed by atoms with Gasteiger partial charge in [0.05, 0.1) is 0 Å². The van der Waals surface area contributed by atoms with E-state index in [4.69, 9.17) is 5.11 Å². The van der Waals surface area contributed by atoms with Gasteiger partial charge in [-0.15, -0.1) is 0 Å². The van der Waals surface area contributed by atoms with Crippen LogP contribution >= 0.6 is 0 Å². The van der Waals surface area contributed by atoms with E-state index < -0.39 is 6.09 Å². The minimum Gasteiger partial charge on any atom is -0.465 e. The molecular formula is C11H17NO2. The second-order valence-electron chi connectivity index (χ2n) is 5.90. The third-order valence-electron chi connectivity index (χ3n) is 4.71. The summed E-state index contributed by atoms with van der Waals surface area (Å²) < 4.78 is 0. The standard InChI is InChI=1S/C11H17NO2/c1-10(2-3-10)8-4-11(5-8)6-12(7-11)9(13)14/h8H,2-7H2,1H3,(H,13,14). The molecule has 0 aromatic carbocycles.